The fourth-order valence-electron chi connectivity index (χ4n) is 3.00. The van der Waals surface area contributed by atoms with E-state index >= 15 is 0 Å². The zero-order valence-electron chi connectivity index (χ0n) is 17.5. The molecule has 3 N–H and O–H groups in total. The van der Waals surface area contributed by atoms with Gasteiger partial charge in [-0.25, -0.2) is 13.4 Å². The van der Waals surface area contributed by atoms with Gasteiger partial charge in [-0.15, -0.1) is 0 Å². The third-order valence-corrected chi connectivity index (χ3v) is 6.93. The maximum Gasteiger partial charge on any atom is 0.182 e. The van der Waals surface area contributed by atoms with Gasteiger partial charge in [0.1, 0.15) is 11.6 Å². The molecule has 2 heterocycles. The third-order valence-electron chi connectivity index (χ3n) is 4.72. The van der Waals surface area contributed by atoms with Crippen LogP contribution >= 0.6 is 0 Å². The highest BCUT2D eigenvalue weighted by atomic mass is 32.2. The molecule has 32 heavy (non-hydrogen) atoms. The minimum Gasteiger partial charge on any atom is -0.508 e. The van der Waals surface area contributed by atoms with Crippen molar-refractivity contribution in [3.8, 4) is 5.75 Å². The minimum atomic E-state index is -3.49. The summed E-state index contributed by atoms with van der Waals surface area (Å²) in [5, 5.41) is 20.5. The van der Waals surface area contributed by atoms with Crippen LogP contribution in [-0.4, -0.2) is 39.6 Å². The molecule has 164 valence electrons. The predicted octanol–water partition coefficient (Wildman–Crippen LogP) is 3.81. The van der Waals surface area contributed by atoms with Gasteiger partial charge in [-0.3, -0.25) is 5.43 Å². The summed E-state index contributed by atoms with van der Waals surface area (Å²) in [4.78, 5) is 4.67. The van der Waals surface area contributed by atoms with Gasteiger partial charge in [0.25, 0.3) is 0 Å². The second kappa shape index (κ2) is 8.67. The van der Waals surface area contributed by atoms with E-state index in [2.05, 4.69) is 25.9 Å². The van der Waals surface area contributed by atoms with Crippen LogP contribution in [0.4, 0.5) is 17.3 Å². The fourth-order valence-corrected chi connectivity index (χ4v) is 4.20. The molecule has 0 spiro atoms. The second-order valence-electron chi connectivity index (χ2n) is 7.30. The van der Waals surface area contributed by atoms with E-state index in [9.17, 15) is 13.5 Å². The summed E-state index contributed by atoms with van der Waals surface area (Å²) in [6, 6.07) is 16.8. The maximum absolute atomic E-state index is 12.8. The van der Waals surface area contributed by atoms with Gasteiger partial charge in [0, 0.05) is 12.1 Å². The monoisotopic (exact) mass is 450 g/mol. The molecular weight excluding hydrogens is 428 g/mol. The van der Waals surface area contributed by atoms with Gasteiger partial charge in [-0.2, -0.15) is 14.7 Å². The van der Waals surface area contributed by atoms with Crippen LogP contribution in [-0.2, 0) is 9.84 Å². The number of aromatic nitrogens is 3. The topological polar surface area (TPSA) is 121 Å². The molecule has 0 amide bonds. The van der Waals surface area contributed by atoms with Crippen LogP contribution in [0.15, 0.2) is 76.9 Å². The van der Waals surface area contributed by atoms with Gasteiger partial charge >= 0.3 is 0 Å². The Morgan fingerprint density at radius 1 is 1.09 bits per heavy atom. The Morgan fingerprint density at radius 3 is 2.59 bits per heavy atom. The Bertz CT molecular complexity index is 1380. The molecule has 0 atom stereocenters. The highest BCUT2D eigenvalue weighted by Crippen LogP contribution is 2.28. The van der Waals surface area contributed by atoms with Crippen LogP contribution in [0.1, 0.15) is 19.4 Å². The highest BCUT2D eigenvalue weighted by Gasteiger charge is 2.23. The number of hydrogen-bond donors (Lipinski definition) is 3. The maximum atomic E-state index is 12.8. The number of aromatic hydroxyl groups is 1. The van der Waals surface area contributed by atoms with Gasteiger partial charge < -0.3 is 10.4 Å². The summed E-state index contributed by atoms with van der Waals surface area (Å²) in [6.45, 7) is 3.30. The lowest BCUT2D eigenvalue weighted by atomic mass is 10.2. The molecular formula is C22H22N6O3S. The van der Waals surface area contributed by atoms with Crippen LogP contribution < -0.4 is 10.7 Å². The van der Waals surface area contributed by atoms with Crippen LogP contribution in [0.5, 0.6) is 5.75 Å². The zero-order chi connectivity index (χ0) is 22.7. The number of hydrogen-bond acceptors (Lipinski definition) is 8. The van der Waals surface area contributed by atoms with Gasteiger partial charge in [0.15, 0.2) is 21.3 Å². The number of nitrogens with zero attached hydrogens (tertiary/aromatic N) is 4. The van der Waals surface area contributed by atoms with E-state index in [4.69, 9.17) is 0 Å². The summed E-state index contributed by atoms with van der Waals surface area (Å²) < 4.78 is 27.2. The molecule has 10 heteroatoms. The molecule has 4 aromatic rings. The first-order chi connectivity index (χ1) is 15.3. The van der Waals surface area contributed by atoms with Crippen molar-refractivity contribution in [1.82, 2.24) is 14.6 Å². The lowest BCUT2D eigenvalue weighted by Crippen LogP contribution is -2.16. The van der Waals surface area contributed by atoms with Crippen molar-refractivity contribution >= 4 is 39.0 Å². The number of anilines is 3. The number of benzene rings is 2. The molecule has 0 saturated heterocycles. The van der Waals surface area contributed by atoms with Crippen molar-refractivity contribution < 1.29 is 13.5 Å². The summed E-state index contributed by atoms with van der Waals surface area (Å²) in [7, 11) is -3.49. The molecule has 0 aliphatic rings. The van der Waals surface area contributed by atoms with Crippen molar-refractivity contribution in [1.29, 1.82) is 0 Å². The van der Waals surface area contributed by atoms with Crippen LogP contribution in [0.2, 0.25) is 0 Å². The van der Waals surface area contributed by atoms with E-state index in [1.807, 2.05) is 0 Å². The SMILES string of the molecule is CC(C)S(=O)(=O)c1ccccc1Nc1cc(N/N=C/c2ccc(O)cc2)nc2ccnn12. The Balaban J connectivity index is 1.66. The molecule has 0 fully saturated rings. The van der Waals surface area contributed by atoms with Crippen LogP contribution in [0.3, 0.4) is 0 Å². The molecule has 2 aromatic heterocycles. The third kappa shape index (κ3) is 4.40. The molecule has 4 rings (SSSR count). The molecule has 0 unspecified atom stereocenters. The minimum absolute atomic E-state index is 0.179. The van der Waals surface area contributed by atoms with E-state index in [0.29, 0.717) is 23.0 Å². The molecule has 0 aliphatic carbocycles. The summed E-state index contributed by atoms with van der Waals surface area (Å²) in [5.41, 5.74) is 4.68. The quantitative estimate of drug-likeness (QED) is 0.289. The number of nitrogens with one attached hydrogen (secondary N) is 2. The first kappa shape index (κ1) is 21.3. The second-order valence-corrected chi connectivity index (χ2v) is 9.78. The normalized spacial score (nSPS) is 12.0. The van der Waals surface area contributed by atoms with E-state index in [-0.39, 0.29) is 10.6 Å². The number of sulfone groups is 1. The predicted molar refractivity (Wildman–Crippen MR) is 124 cm³/mol. The fraction of sp³-hybridized carbons (Fsp3) is 0.136. The Hall–Kier alpha value is -3.92. The summed E-state index contributed by atoms with van der Waals surface area (Å²) in [5.74, 6) is 1.15. The number of phenolic OH excluding ortho intramolecular Hbond substituents is 1. The molecule has 9 nitrogen and oxygen atoms in total. The lowest BCUT2D eigenvalue weighted by Gasteiger charge is -2.15. The number of para-hydroxylation sites is 1. The number of phenols is 1. The van der Waals surface area contributed by atoms with Gasteiger partial charge in [-0.05, 0) is 55.8 Å². The molecule has 2 aromatic carbocycles. The first-order valence-electron chi connectivity index (χ1n) is 9.87. The van der Waals surface area contributed by atoms with Gasteiger partial charge in [0.05, 0.1) is 28.2 Å². The molecule has 0 radical (unpaired) electrons. The zero-order valence-corrected chi connectivity index (χ0v) is 18.3. The van der Waals surface area contributed by atoms with E-state index in [1.54, 1.807) is 91.4 Å². The van der Waals surface area contributed by atoms with Gasteiger partial charge in [0.2, 0.25) is 0 Å². The average Bonchev–Trinajstić information content (AvgIpc) is 3.24. The van der Waals surface area contributed by atoms with E-state index in [1.165, 1.54) is 0 Å². The van der Waals surface area contributed by atoms with E-state index in [0.717, 1.165) is 5.56 Å². The Kier molecular flexibility index (Phi) is 5.78. The van der Waals surface area contributed by atoms with Crippen molar-refractivity contribution in [3.63, 3.8) is 0 Å². The van der Waals surface area contributed by atoms with Crippen molar-refractivity contribution in [2.24, 2.45) is 5.10 Å². The van der Waals surface area contributed by atoms with E-state index < -0.39 is 15.1 Å². The van der Waals surface area contributed by atoms with Gasteiger partial charge in [-0.1, -0.05) is 12.1 Å². The summed E-state index contributed by atoms with van der Waals surface area (Å²) in [6.07, 6.45) is 3.20. The number of rotatable bonds is 7. The Labute approximate surface area is 185 Å². The standard InChI is InChI=1S/C22H22N6O3S/c1-15(2)32(30,31)19-6-4-3-5-18(19)25-22-13-20(26-21-11-12-24-28(21)22)27-23-14-16-7-9-17(29)10-8-16/h3-15,25,29H,1-2H3,(H,26,27)/b23-14+. The van der Waals surface area contributed by atoms with Crippen LogP contribution in [0.25, 0.3) is 5.65 Å². The molecule has 0 bridgehead atoms. The van der Waals surface area contributed by atoms with Crippen molar-refractivity contribution in [3.05, 3.63) is 72.4 Å². The Morgan fingerprint density at radius 2 is 1.84 bits per heavy atom. The van der Waals surface area contributed by atoms with Crippen molar-refractivity contribution in [2.45, 2.75) is 24.0 Å². The number of fused-ring (bicyclic) bond motifs is 1. The largest absolute Gasteiger partial charge is 0.508 e. The lowest BCUT2D eigenvalue weighted by molar-refractivity contribution is 0.475. The first-order valence-corrected chi connectivity index (χ1v) is 11.4. The molecule has 0 saturated carbocycles. The number of hydrazone groups is 1. The average molecular weight is 451 g/mol. The summed E-state index contributed by atoms with van der Waals surface area (Å²) >= 11 is 0. The van der Waals surface area contributed by atoms with Crippen molar-refractivity contribution in [2.75, 3.05) is 10.7 Å². The highest BCUT2D eigenvalue weighted by molar-refractivity contribution is 7.92. The smallest absolute Gasteiger partial charge is 0.182 e. The molecule has 0 aliphatic heterocycles. The van der Waals surface area contributed by atoms with Crippen LogP contribution in [0, 0.1) is 0 Å².